The van der Waals surface area contributed by atoms with Gasteiger partial charge in [0.25, 0.3) is 10.0 Å². The quantitative estimate of drug-likeness (QED) is 0.530. The number of aryl methyl sites for hydroxylation is 1. The molecule has 0 radical (unpaired) electrons. The Bertz CT molecular complexity index is 816. The van der Waals surface area contributed by atoms with Gasteiger partial charge in [-0.2, -0.15) is 0 Å². The molecule has 1 aromatic carbocycles. The molecule has 1 amide bonds. The van der Waals surface area contributed by atoms with Crippen LogP contribution in [0.5, 0.6) is 5.75 Å². The van der Waals surface area contributed by atoms with Crippen LogP contribution in [0.25, 0.3) is 0 Å². The molecule has 1 heterocycles. The van der Waals surface area contributed by atoms with E-state index in [1.54, 1.807) is 13.8 Å². The van der Waals surface area contributed by atoms with Crippen LogP contribution in [0.15, 0.2) is 28.6 Å². The van der Waals surface area contributed by atoms with Crippen LogP contribution in [-0.2, 0) is 14.8 Å². The van der Waals surface area contributed by atoms with Crippen molar-refractivity contribution in [2.45, 2.75) is 25.1 Å². The number of nitrogens with zero attached hydrogens (tertiary/aromatic N) is 2. The standard InChI is InChI=1S/C15H20N4O4S2/c1-10(2)13(20)17-14-18-19-15(24-14)25(21,22)16-8-9-23-12-6-4-11(3)5-7-12/h4-7,10,16H,8-9H2,1-3H3,(H,17,18,20). The maximum Gasteiger partial charge on any atom is 0.269 e. The smallest absolute Gasteiger partial charge is 0.269 e. The number of sulfonamides is 1. The van der Waals surface area contributed by atoms with Gasteiger partial charge in [0.2, 0.25) is 15.4 Å². The molecular formula is C15H20N4O4S2. The average molecular weight is 384 g/mol. The van der Waals surface area contributed by atoms with Crippen molar-refractivity contribution in [1.29, 1.82) is 0 Å². The van der Waals surface area contributed by atoms with Gasteiger partial charge in [0, 0.05) is 12.5 Å². The summed E-state index contributed by atoms with van der Waals surface area (Å²) in [6.45, 7) is 5.69. The second kappa shape index (κ2) is 8.37. The Balaban J connectivity index is 1.85. The van der Waals surface area contributed by atoms with Crippen LogP contribution in [0, 0.1) is 12.8 Å². The number of hydrogen-bond donors (Lipinski definition) is 2. The number of nitrogens with one attached hydrogen (secondary N) is 2. The molecule has 0 aliphatic heterocycles. The van der Waals surface area contributed by atoms with Crippen LogP contribution in [-0.4, -0.2) is 37.7 Å². The molecular weight excluding hydrogens is 364 g/mol. The van der Waals surface area contributed by atoms with Gasteiger partial charge < -0.3 is 10.1 Å². The lowest BCUT2D eigenvalue weighted by Gasteiger charge is -2.07. The molecule has 136 valence electrons. The molecule has 10 heteroatoms. The molecule has 0 aliphatic rings. The van der Waals surface area contributed by atoms with Crippen molar-refractivity contribution < 1.29 is 17.9 Å². The maximum atomic E-state index is 12.1. The first-order valence-electron chi connectivity index (χ1n) is 7.61. The van der Waals surface area contributed by atoms with Crippen molar-refractivity contribution in [2.24, 2.45) is 5.92 Å². The zero-order chi connectivity index (χ0) is 18.4. The van der Waals surface area contributed by atoms with Gasteiger partial charge in [0.1, 0.15) is 12.4 Å². The van der Waals surface area contributed by atoms with E-state index in [0.29, 0.717) is 5.75 Å². The minimum atomic E-state index is -3.79. The Morgan fingerprint density at radius 3 is 2.56 bits per heavy atom. The number of ether oxygens (including phenoxy) is 1. The molecule has 0 unspecified atom stereocenters. The van der Waals surface area contributed by atoms with Gasteiger partial charge in [-0.25, -0.2) is 13.1 Å². The van der Waals surface area contributed by atoms with Gasteiger partial charge in [0.05, 0.1) is 0 Å². The van der Waals surface area contributed by atoms with Crippen LogP contribution >= 0.6 is 11.3 Å². The summed E-state index contributed by atoms with van der Waals surface area (Å²) in [4.78, 5) is 11.6. The topological polar surface area (TPSA) is 110 Å². The first-order chi connectivity index (χ1) is 11.8. The summed E-state index contributed by atoms with van der Waals surface area (Å²) in [5, 5.41) is 9.95. The van der Waals surface area contributed by atoms with E-state index in [4.69, 9.17) is 4.74 Å². The van der Waals surface area contributed by atoms with Crippen molar-refractivity contribution in [3.05, 3.63) is 29.8 Å². The fraction of sp³-hybridized carbons (Fsp3) is 0.400. The molecule has 2 N–H and O–H groups in total. The van der Waals surface area contributed by atoms with E-state index in [1.165, 1.54) is 0 Å². The fourth-order valence-corrected chi connectivity index (χ4v) is 3.62. The molecule has 0 aliphatic carbocycles. The SMILES string of the molecule is Cc1ccc(OCCNS(=O)(=O)c2nnc(NC(=O)C(C)C)s2)cc1. The highest BCUT2D eigenvalue weighted by Gasteiger charge is 2.21. The lowest BCUT2D eigenvalue weighted by molar-refractivity contribution is -0.118. The van der Waals surface area contributed by atoms with Gasteiger partial charge in [-0.05, 0) is 19.1 Å². The third kappa shape index (κ3) is 5.76. The highest BCUT2D eigenvalue weighted by molar-refractivity contribution is 7.91. The van der Waals surface area contributed by atoms with Gasteiger partial charge in [-0.3, -0.25) is 4.79 Å². The van der Waals surface area contributed by atoms with E-state index >= 15 is 0 Å². The molecule has 0 fully saturated rings. The van der Waals surface area contributed by atoms with E-state index < -0.39 is 10.0 Å². The van der Waals surface area contributed by atoms with Gasteiger partial charge in [-0.1, -0.05) is 42.9 Å². The monoisotopic (exact) mass is 384 g/mol. The van der Waals surface area contributed by atoms with Crippen LogP contribution in [0.4, 0.5) is 5.13 Å². The molecule has 0 bridgehead atoms. The highest BCUT2D eigenvalue weighted by atomic mass is 32.2. The molecule has 0 saturated carbocycles. The molecule has 25 heavy (non-hydrogen) atoms. The number of carbonyl (C=O) groups is 1. The third-order valence-electron chi connectivity index (χ3n) is 3.07. The first kappa shape index (κ1) is 19.3. The zero-order valence-electron chi connectivity index (χ0n) is 14.1. The van der Waals surface area contributed by atoms with E-state index in [9.17, 15) is 13.2 Å². The molecule has 0 spiro atoms. The number of benzene rings is 1. The molecule has 0 saturated heterocycles. The minimum Gasteiger partial charge on any atom is -0.492 e. The highest BCUT2D eigenvalue weighted by Crippen LogP contribution is 2.20. The number of anilines is 1. The lowest BCUT2D eigenvalue weighted by Crippen LogP contribution is -2.28. The van der Waals surface area contributed by atoms with Crippen molar-refractivity contribution in [3.63, 3.8) is 0 Å². The van der Waals surface area contributed by atoms with Crippen molar-refractivity contribution in [1.82, 2.24) is 14.9 Å². The molecule has 0 atom stereocenters. The van der Waals surface area contributed by atoms with Crippen molar-refractivity contribution >= 4 is 32.4 Å². The van der Waals surface area contributed by atoms with Crippen molar-refractivity contribution in [2.75, 3.05) is 18.5 Å². The van der Waals surface area contributed by atoms with Crippen LogP contribution in [0.3, 0.4) is 0 Å². The predicted octanol–water partition coefficient (Wildman–Crippen LogP) is 1.80. The van der Waals surface area contributed by atoms with Gasteiger partial charge in [0.15, 0.2) is 0 Å². The third-order valence-corrected chi connectivity index (χ3v) is 5.74. The fourth-order valence-electron chi connectivity index (χ4n) is 1.66. The summed E-state index contributed by atoms with van der Waals surface area (Å²) in [6, 6.07) is 7.46. The number of amides is 1. The second-order valence-corrected chi connectivity index (χ2v) is 8.49. The normalized spacial score (nSPS) is 11.5. The summed E-state index contributed by atoms with van der Waals surface area (Å²) in [6.07, 6.45) is 0. The zero-order valence-corrected chi connectivity index (χ0v) is 15.8. The van der Waals surface area contributed by atoms with Crippen LogP contribution in [0.1, 0.15) is 19.4 Å². The summed E-state index contributed by atoms with van der Waals surface area (Å²) in [5.41, 5.74) is 1.12. The predicted molar refractivity (Wildman–Crippen MR) is 95.2 cm³/mol. The second-order valence-electron chi connectivity index (χ2n) is 5.58. The Morgan fingerprint density at radius 2 is 1.92 bits per heavy atom. The molecule has 1 aromatic heterocycles. The first-order valence-corrected chi connectivity index (χ1v) is 9.91. The summed E-state index contributed by atoms with van der Waals surface area (Å²) in [7, 11) is -3.79. The van der Waals surface area contributed by atoms with Crippen LogP contribution in [0.2, 0.25) is 0 Å². The van der Waals surface area contributed by atoms with Crippen LogP contribution < -0.4 is 14.8 Å². The Morgan fingerprint density at radius 1 is 1.24 bits per heavy atom. The largest absolute Gasteiger partial charge is 0.492 e. The van der Waals surface area contributed by atoms with Gasteiger partial charge in [-0.15, -0.1) is 10.2 Å². The van der Waals surface area contributed by atoms with E-state index in [-0.39, 0.29) is 34.4 Å². The summed E-state index contributed by atoms with van der Waals surface area (Å²) >= 11 is 0.796. The van der Waals surface area contributed by atoms with E-state index in [2.05, 4.69) is 20.2 Å². The van der Waals surface area contributed by atoms with Crippen molar-refractivity contribution in [3.8, 4) is 5.75 Å². The molecule has 2 rings (SSSR count). The van der Waals surface area contributed by atoms with E-state index in [1.807, 2.05) is 31.2 Å². The Labute approximate surface area is 150 Å². The lowest BCUT2D eigenvalue weighted by atomic mass is 10.2. The number of hydrogen-bond acceptors (Lipinski definition) is 7. The maximum absolute atomic E-state index is 12.1. The number of rotatable bonds is 8. The Hall–Kier alpha value is -2.04. The minimum absolute atomic E-state index is 0.0868. The Kier molecular flexibility index (Phi) is 6.45. The summed E-state index contributed by atoms with van der Waals surface area (Å²) in [5.74, 6) is 0.181. The molecule has 2 aromatic rings. The van der Waals surface area contributed by atoms with E-state index in [0.717, 1.165) is 16.9 Å². The van der Waals surface area contributed by atoms with Gasteiger partial charge >= 0.3 is 0 Å². The molecule has 8 nitrogen and oxygen atoms in total. The average Bonchev–Trinajstić information content (AvgIpc) is 3.02. The number of carbonyl (C=O) groups excluding carboxylic acids is 1. The number of aromatic nitrogens is 2. The summed E-state index contributed by atoms with van der Waals surface area (Å²) < 4.78 is 31.9.